The van der Waals surface area contributed by atoms with Crippen molar-refractivity contribution in [1.29, 1.82) is 0 Å². The Morgan fingerprint density at radius 3 is 2.11 bits per heavy atom. The molecule has 0 unspecified atom stereocenters. The first-order chi connectivity index (χ1) is 12.4. The van der Waals surface area contributed by atoms with Gasteiger partial charge in [0.25, 0.3) is 0 Å². The van der Waals surface area contributed by atoms with Crippen LogP contribution in [0, 0.1) is 6.07 Å². The predicted molar refractivity (Wildman–Crippen MR) is 109 cm³/mol. The minimum absolute atomic E-state index is 0. The summed E-state index contributed by atoms with van der Waals surface area (Å²) in [7, 11) is 0. The van der Waals surface area contributed by atoms with Gasteiger partial charge in [-0.25, -0.2) is 0 Å². The topological polar surface area (TPSA) is 12.9 Å². The normalized spacial score (nSPS) is 16.9. The average molecular weight is 533 g/mol. The van der Waals surface area contributed by atoms with Crippen molar-refractivity contribution in [2.24, 2.45) is 0 Å². The number of nitrogens with zero attached hydrogens (tertiary/aromatic N) is 1. The molecule has 141 valence electrons. The summed E-state index contributed by atoms with van der Waals surface area (Å²) in [6.45, 7) is 9.41. The Balaban J connectivity index is 0.00000210. The average Bonchev–Trinajstić information content (AvgIpc) is 2.66. The molecule has 0 N–H and O–H groups in total. The molecule has 0 aliphatic heterocycles. The zero-order valence-corrected chi connectivity index (χ0v) is 18.9. The minimum atomic E-state index is 0. The molecule has 27 heavy (non-hydrogen) atoms. The van der Waals surface area contributed by atoms with E-state index < -0.39 is 0 Å². The molecule has 1 nitrogen and oxygen atoms in total. The third-order valence-corrected chi connectivity index (χ3v) is 5.93. The van der Waals surface area contributed by atoms with Crippen molar-refractivity contribution >= 4 is 0 Å². The molecule has 0 bridgehead atoms. The number of hydrogen-bond acceptors (Lipinski definition) is 1. The zero-order valence-electron chi connectivity index (χ0n) is 16.5. The summed E-state index contributed by atoms with van der Waals surface area (Å²) < 4.78 is 0. The van der Waals surface area contributed by atoms with E-state index in [1.807, 2.05) is 12.3 Å². The molecule has 2 aromatic carbocycles. The molecule has 1 aromatic heterocycles. The van der Waals surface area contributed by atoms with Gasteiger partial charge in [-0.2, -0.15) is 0 Å². The van der Waals surface area contributed by atoms with Gasteiger partial charge in [0.1, 0.15) is 0 Å². The molecule has 0 amide bonds. The van der Waals surface area contributed by atoms with Gasteiger partial charge >= 0.3 is 0 Å². The maximum atomic E-state index is 4.73. The van der Waals surface area contributed by atoms with E-state index in [0.29, 0.717) is 0 Å². The van der Waals surface area contributed by atoms with Crippen molar-refractivity contribution in [2.75, 3.05) is 0 Å². The van der Waals surface area contributed by atoms with Crippen molar-refractivity contribution in [3.05, 3.63) is 78.0 Å². The van der Waals surface area contributed by atoms with Crippen molar-refractivity contribution in [3.63, 3.8) is 0 Å². The van der Waals surface area contributed by atoms with E-state index in [9.17, 15) is 0 Å². The van der Waals surface area contributed by atoms with Gasteiger partial charge in [-0.1, -0.05) is 76.6 Å². The largest absolute Gasteiger partial charge is 0.304 e. The molecule has 0 saturated heterocycles. The molecular weight excluding hydrogens is 506 g/mol. The second kappa shape index (κ2) is 7.34. The van der Waals surface area contributed by atoms with Crippen molar-refractivity contribution in [2.45, 2.75) is 51.4 Å². The maximum Gasteiger partial charge on any atom is 0.0239 e. The summed E-state index contributed by atoms with van der Waals surface area (Å²) >= 11 is 0. The van der Waals surface area contributed by atoms with Gasteiger partial charge in [-0.3, -0.25) is 0 Å². The van der Waals surface area contributed by atoms with E-state index in [2.05, 4.69) is 82.3 Å². The first-order valence-corrected chi connectivity index (χ1v) is 9.45. The summed E-state index contributed by atoms with van der Waals surface area (Å²) in [4.78, 5) is 4.73. The van der Waals surface area contributed by atoms with Crippen LogP contribution < -0.4 is 0 Å². The van der Waals surface area contributed by atoms with E-state index in [4.69, 9.17) is 4.98 Å². The second-order valence-electron chi connectivity index (χ2n) is 8.74. The van der Waals surface area contributed by atoms with Crippen LogP contribution in [0.2, 0.25) is 0 Å². The Morgan fingerprint density at radius 1 is 0.815 bits per heavy atom. The van der Waals surface area contributed by atoms with Crippen LogP contribution in [-0.4, -0.2) is 4.98 Å². The summed E-state index contributed by atoms with van der Waals surface area (Å²) in [5, 5.41) is 0. The fourth-order valence-corrected chi connectivity index (χ4v) is 4.01. The van der Waals surface area contributed by atoms with E-state index in [0.717, 1.165) is 16.8 Å². The van der Waals surface area contributed by atoms with Crippen molar-refractivity contribution in [3.8, 4) is 22.4 Å². The van der Waals surface area contributed by atoms with E-state index in [-0.39, 0.29) is 30.9 Å². The Morgan fingerprint density at radius 2 is 1.48 bits per heavy atom. The van der Waals surface area contributed by atoms with Crippen LogP contribution in [0.25, 0.3) is 22.4 Å². The quantitative estimate of drug-likeness (QED) is 0.341. The van der Waals surface area contributed by atoms with E-state index in [1.54, 1.807) is 0 Å². The number of fused-ring (bicyclic) bond motifs is 1. The fraction of sp³-hybridized carbons (Fsp3) is 0.320. The molecule has 1 heterocycles. The summed E-state index contributed by atoms with van der Waals surface area (Å²) in [6, 6.07) is 22.7. The predicted octanol–water partition coefficient (Wildman–Crippen LogP) is 6.56. The first-order valence-electron chi connectivity index (χ1n) is 9.45. The molecule has 1 aliphatic rings. The van der Waals surface area contributed by atoms with Gasteiger partial charge in [-0.05, 0) is 34.1 Å². The van der Waals surface area contributed by atoms with Crippen LogP contribution in [-0.2, 0) is 30.9 Å². The van der Waals surface area contributed by atoms with Gasteiger partial charge in [-0.15, -0.1) is 34.9 Å². The van der Waals surface area contributed by atoms with Crippen LogP contribution >= 0.6 is 0 Å². The summed E-state index contributed by atoms with van der Waals surface area (Å²) in [5.74, 6) is 0. The van der Waals surface area contributed by atoms with Crippen molar-refractivity contribution in [1.82, 2.24) is 4.98 Å². The third kappa shape index (κ3) is 3.79. The number of hydrogen-bond donors (Lipinski definition) is 0. The fourth-order valence-electron chi connectivity index (χ4n) is 4.01. The van der Waals surface area contributed by atoms with Crippen LogP contribution in [0.15, 0.2) is 60.8 Å². The van der Waals surface area contributed by atoms with Gasteiger partial charge in [0.2, 0.25) is 0 Å². The van der Waals surface area contributed by atoms with Gasteiger partial charge in [0, 0.05) is 26.3 Å². The third-order valence-electron chi connectivity index (χ3n) is 5.93. The summed E-state index contributed by atoms with van der Waals surface area (Å²) in [6.07, 6.45) is 4.41. The molecule has 2 heteroatoms. The molecule has 0 saturated carbocycles. The number of aromatic nitrogens is 1. The number of pyridine rings is 1. The maximum absolute atomic E-state index is 4.73. The van der Waals surface area contributed by atoms with Crippen LogP contribution in [0.4, 0.5) is 0 Å². The van der Waals surface area contributed by atoms with Crippen LogP contribution in [0.1, 0.15) is 51.7 Å². The smallest absolute Gasteiger partial charge is 0.0239 e. The molecule has 3 aromatic rings. The Kier molecular flexibility index (Phi) is 5.43. The molecule has 0 atom stereocenters. The Bertz CT molecular complexity index is 924. The van der Waals surface area contributed by atoms with E-state index >= 15 is 0 Å². The Hall–Kier alpha value is -1.76. The second-order valence-corrected chi connectivity index (χ2v) is 8.74. The number of rotatable bonds is 2. The molecular formula is C25H26IrN-. The first kappa shape index (κ1) is 20.0. The van der Waals surface area contributed by atoms with E-state index in [1.165, 1.54) is 29.5 Å². The standard InChI is InChI=1S/C25H26N.Ir/c1-24(2)14-15-25(3,4)22-16-19(10-12-21(22)24)23-13-11-20(17-26-23)18-8-6-5-7-9-18;/h5-9,11-13,16-17H,14-15H2,1-4H3;/q-1;. The zero-order chi connectivity index (χ0) is 18.4. The van der Waals surface area contributed by atoms with Crippen molar-refractivity contribution < 1.29 is 20.1 Å². The molecule has 4 rings (SSSR count). The SMILES string of the molecule is CC1(C)CCC(C)(C)c2cc(-c3ccc(-c4ccccc4)cn3)[c-]cc21.[Ir]. The molecule has 1 radical (unpaired) electrons. The molecule has 1 aliphatic carbocycles. The molecule has 0 fully saturated rings. The van der Waals surface area contributed by atoms with Crippen LogP contribution in [0.5, 0.6) is 0 Å². The number of benzene rings is 2. The van der Waals surface area contributed by atoms with Gasteiger partial charge < -0.3 is 4.98 Å². The monoisotopic (exact) mass is 533 g/mol. The summed E-state index contributed by atoms with van der Waals surface area (Å²) in [5.41, 5.74) is 7.76. The molecule has 0 spiro atoms. The minimum Gasteiger partial charge on any atom is -0.304 e. The van der Waals surface area contributed by atoms with Gasteiger partial charge in [0.15, 0.2) is 0 Å². The Labute approximate surface area is 176 Å². The van der Waals surface area contributed by atoms with Gasteiger partial charge in [0.05, 0.1) is 0 Å². The van der Waals surface area contributed by atoms with Crippen LogP contribution in [0.3, 0.4) is 0 Å².